The third-order valence-electron chi connectivity index (χ3n) is 1.33. The largest absolute Gasteiger partial charge is 2.00 e. The minimum atomic E-state index is 0. The maximum Gasteiger partial charge on any atom is 2.00 e. The molecule has 1 radical (unpaired) electrons. The molecule has 93 valence electrons. The van der Waals surface area contributed by atoms with Crippen LogP contribution >= 0.6 is 0 Å². The smallest absolute Gasteiger partial charge is 1.00 e. The molecular weight excluding hydrogens is 203 g/mol. The summed E-state index contributed by atoms with van der Waals surface area (Å²) in [6.45, 7) is 17.2. The Morgan fingerprint density at radius 1 is 0.562 bits per heavy atom. The van der Waals surface area contributed by atoms with Gasteiger partial charge in [-0.1, -0.05) is 55.4 Å². The van der Waals surface area contributed by atoms with Gasteiger partial charge in [-0.3, -0.25) is 0 Å². The summed E-state index contributed by atoms with van der Waals surface area (Å²) in [5.41, 5.74) is 0. The van der Waals surface area contributed by atoms with E-state index in [0.717, 1.165) is 0 Å². The summed E-state index contributed by atoms with van der Waals surface area (Å²) < 4.78 is 0. The monoisotopic (exact) mass is 235 g/mol. The Morgan fingerprint density at radius 2 is 0.688 bits per heavy atom. The number of hydrogen-bond donors (Lipinski definition) is 2. The molecule has 0 aromatic heterocycles. The first-order valence-corrected chi connectivity index (χ1v) is 5.77. The first kappa shape index (κ1) is 26.0. The molecule has 0 aromatic carbocycles. The van der Waals surface area contributed by atoms with Crippen LogP contribution in [0.25, 0.3) is 0 Å². The van der Waals surface area contributed by atoms with Crippen LogP contribution in [0.15, 0.2) is 0 Å². The second kappa shape index (κ2) is 16.3. The quantitative estimate of drug-likeness (QED) is 0.731. The molecule has 0 aliphatic carbocycles. The first-order chi connectivity index (χ1) is 6.25. The van der Waals surface area contributed by atoms with Crippen LogP contribution in [0.4, 0.5) is 0 Å². The van der Waals surface area contributed by atoms with Gasteiger partial charge in [-0.05, 0) is 0 Å². The van der Waals surface area contributed by atoms with Gasteiger partial charge >= 0.3 is 23.1 Å². The van der Waals surface area contributed by atoms with E-state index in [1.54, 1.807) is 0 Å². The molecular formula is C12H32LiMgN2. The van der Waals surface area contributed by atoms with Gasteiger partial charge in [-0.2, -0.15) is 0 Å². The van der Waals surface area contributed by atoms with Gasteiger partial charge in [-0.25, -0.2) is 0 Å². The van der Waals surface area contributed by atoms with E-state index in [0.29, 0.717) is 24.2 Å². The standard InChI is InChI=1S/2C6H15N.Li.Mg.2H/c2*1-5(2)7-6(3)4;;;;/h2*5-7H,1-4H3;;;;/q;;;+2;2*-1. The molecule has 0 heterocycles. The van der Waals surface area contributed by atoms with Crippen LogP contribution in [0.3, 0.4) is 0 Å². The molecule has 16 heavy (non-hydrogen) atoms. The van der Waals surface area contributed by atoms with E-state index >= 15 is 0 Å². The predicted octanol–water partition coefficient (Wildman–Crippen LogP) is 2.25. The molecule has 2 N–H and O–H groups in total. The Kier molecular flexibility index (Phi) is 26.4. The fourth-order valence-corrected chi connectivity index (χ4v) is 1.33. The van der Waals surface area contributed by atoms with Crippen LogP contribution in [0, 0.1) is 0 Å². The van der Waals surface area contributed by atoms with Crippen LogP contribution in [0.2, 0.25) is 0 Å². The third kappa shape index (κ3) is 36.2. The minimum Gasteiger partial charge on any atom is -1.00 e. The molecule has 0 fully saturated rings. The zero-order valence-electron chi connectivity index (χ0n) is 15.0. The average Bonchev–Trinajstić information content (AvgIpc) is 1.79. The maximum atomic E-state index is 3.31. The summed E-state index contributed by atoms with van der Waals surface area (Å²) in [5, 5.41) is 6.61. The van der Waals surface area contributed by atoms with Crippen molar-refractivity contribution >= 4 is 41.9 Å². The van der Waals surface area contributed by atoms with Crippen LogP contribution in [-0.4, -0.2) is 66.1 Å². The Hall–Kier alpha value is 1.28. The predicted molar refractivity (Wildman–Crippen MR) is 80.5 cm³/mol. The van der Waals surface area contributed by atoms with Crippen LogP contribution in [0.5, 0.6) is 0 Å². The van der Waals surface area contributed by atoms with Crippen molar-refractivity contribution < 1.29 is 2.85 Å². The van der Waals surface area contributed by atoms with Crippen LogP contribution in [0.1, 0.15) is 58.2 Å². The van der Waals surface area contributed by atoms with Crippen molar-refractivity contribution in [2.24, 2.45) is 0 Å². The van der Waals surface area contributed by atoms with Gasteiger partial charge in [0.2, 0.25) is 0 Å². The summed E-state index contributed by atoms with van der Waals surface area (Å²) in [5.74, 6) is 0. The molecule has 0 spiro atoms. The van der Waals surface area contributed by atoms with E-state index in [1.807, 2.05) is 0 Å². The zero-order valence-corrected chi connectivity index (χ0v) is 14.4. The maximum absolute atomic E-state index is 3.31. The number of nitrogens with one attached hydrogen (secondary N) is 2. The fourth-order valence-electron chi connectivity index (χ4n) is 1.33. The van der Waals surface area contributed by atoms with Gasteiger partial charge in [0.05, 0.1) is 0 Å². The summed E-state index contributed by atoms with van der Waals surface area (Å²) in [7, 11) is 0. The molecule has 0 aliphatic heterocycles. The van der Waals surface area contributed by atoms with E-state index in [4.69, 9.17) is 0 Å². The molecule has 0 unspecified atom stereocenters. The average molecular weight is 236 g/mol. The molecule has 4 heteroatoms. The zero-order chi connectivity index (χ0) is 11.7. The van der Waals surface area contributed by atoms with Gasteiger partial charge in [0.15, 0.2) is 0 Å². The van der Waals surface area contributed by atoms with E-state index in [2.05, 4.69) is 66.0 Å². The van der Waals surface area contributed by atoms with E-state index in [1.165, 1.54) is 0 Å². The van der Waals surface area contributed by atoms with Crippen molar-refractivity contribution in [3.05, 3.63) is 0 Å². The molecule has 0 saturated carbocycles. The molecule has 0 bridgehead atoms. The van der Waals surface area contributed by atoms with Crippen molar-refractivity contribution in [2.75, 3.05) is 0 Å². The van der Waals surface area contributed by atoms with Gasteiger partial charge in [0.25, 0.3) is 0 Å². The fraction of sp³-hybridized carbons (Fsp3) is 1.00. The van der Waals surface area contributed by atoms with Gasteiger partial charge in [-0.15, -0.1) is 0 Å². The summed E-state index contributed by atoms with van der Waals surface area (Å²) >= 11 is 0. The number of hydrogen-bond acceptors (Lipinski definition) is 2. The molecule has 0 aliphatic rings. The molecule has 0 aromatic rings. The van der Waals surface area contributed by atoms with Crippen LogP contribution < -0.4 is 10.6 Å². The van der Waals surface area contributed by atoms with Crippen LogP contribution in [-0.2, 0) is 0 Å². The molecule has 0 rings (SSSR count). The molecule has 0 atom stereocenters. The molecule has 0 saturated heterocycles. The molecule has 2 nitrogen and oxygen atoms in total. The normalized spacial score (nSPS) is 9.75. The second-order valence-corrected chi connectivity index (χ2v) is 4.95. The van der Waals surface area contributed by atoms with Crippen molar-refractivity contribution in [3.8, 4) is 0 Å². The van der Waals surface area contributed by atoms with Gasteiger partial charge in [0.1, 0.15) is 0 Å². The van der Waals surface area contributed by atoms with Crippen molar-refractivity contribution in [3.63, 3.8) is 0 Å². The summed E-state index contributed by atoms with van der Waals surface area (Å²) in [4.78, 5) is 0. The van der Waals surface area contributed by atoms with Crippen molar-refractivity contribution in [1.82, 2.24) is 10.6 Å². The van der Waals surface area contributed by atoms with Gasteiger partial charge < -0.3 is 13.5 Å². The SMILES string of the molecule is CC(C)NC(C)C.CC(C)NC(C)C.[H-].[H-].[Li].[Mg+2]. The van der Waals surface area contributed by atoms with Crippen molar-refractivity contribution in [2.45, 2.75) is 79.6 Å². The van der Waals surface area contributed by atoms with E-state index < -0.39 is 0 Å². The first-order valence-electron chi connectivity index (χ1n) is 5.77. The summed E-state index contributed by atoms with van der Waals surface area (Å²) in [6.07, 6.45) is 0. The summed E-state index contributed by atoms with van der Waals surface area (Å²) in [6, 6.07) is 2.50. The Labute approximate surface area is 134 Å². The van der Waals surface area contributed by atoms with E-state index in [9.17, 15) is 0 Å². The van der Waals surface area contributed by atoms with Gasteiger partial charge in [0, 0.05) is 43.0 Å². The van der Waals surface area contributed by atoms with Crippen molar-refractivity contribution in [1.29, 1.82) is 0 Å². The third-order valence-corrected chi connectivity index (χ3v) is 1.33. The second-order valence-electron chi connectivity index (χ2n) is 4.95. The number of rotatable bonds is 4. The molecule has 0 amide bonds. The Balaban J connectivity index is -0.0000000327. The Morgan fingerprint density at radius 3 is 0.688 bits per heavy atom. The van der Waals surface area contributed by atoms with E-state index in [-0.39, 0.29) is 44.8 Å². The Bertz CT molecular complexity index is 101. The minimum absolute atomic E-state index is 0. The topological polar surface area (TPSA) is 24.1 Å².